The number of hydrogen-bond donors (Lipinski definition) is 0. The molecule has 0 saturated carbocycles. The zero-order valence-corrected chi connectivity index (χ0v) is 35.0. The maximum absolute atomic E-state index is 6.97. The third-order valence-electron chi connectivity index (χ3n) is 12.5. The molecule has 4 heteroatoms. The van der Waals surface area contributed by atoms with E-state index in [0.717, 1.165) is 44.5 Å². The van der Waals surface area contributed by atoms with Crippen LogP contribution in [0.3, 0.4) is 0 Å². The van der Waals surface area contributed by atoms with Crippen molar-refractivity contribution in [2.24, 2.45) is 0 Å². The molecule has 0 N–H and O–H groups in total. The van der Waals surface area contributed by atoms with Crippen LogP contribution >= 0.6 is 22.7 Å². The Bertz CT molecular complexity index is 3750. The number of rotatable bonds is 6. The van der Waals surface area contributed by atoms with E-state index in [9.17, 15) is 0 Å². The topological polar surface area (TPSA) is 16.4 Å². The number of benzene rings is 10. The molecule has 2 nitrogen and oxygen atoms in total. The molecular formula is C58H35NOS2. The Hall–Kier alpha value is -7.50. The Morgan fingerprint density at radius 3 is 1.48 bits per heavy atom. The summed E-state index contributed by atoms with van der Waals surface area (Å²) in [7, 11) is 0. The van der Waals surface area contributed by atoms with E-state index >= 15 is 0 Å². The van der Waals surface area contributed by atoms with E-state index in [1.165, 1.54) is 79.0 Å². The van der Waals surface area contributed by atoms with Gasteiger partial charge in [0.15, 0.2) is 0 Å². The second-order valence-corrected chi connectivity index (χ2v) is 18.0. The predicted molar refractivity (Wildman–Crippen MR) is 268 cm³/mol. The van der Waals surface area contributed by atoms with Crippen LogP contribution in [-0.4, -0.2) is 0 Å². The minimum absolute atomic E-state index is 0.895. The summed E-state index contributed by atoms with van der Waals surface area (Å²) in [6.45, 7) is 0. The van der Waals surface area contributed by atoms with E-state index in [4.69, 9.17) is 4.42 Å². The molecular weight excluding hydrogens is 791 g/mol. The molecule has 0 bridgehead atoms. The van der Waals surface area contributed by atoms with Crippen molar-refractivity contribution in [1.29, 1.82) is 0 Å². The van der Waals surface area contributed by atoms with Crippen LogP contribution in [0.5, 0.6) is 0 Å². The third-order valence-corrected chi connectivity index (χ3v) is 14.9. The van der Waals surface area contributed by atoms with Crippen molar-refractivity contribution >= 4 is 113 Å². The average molecular weight is 826 g/mol. The van der Waals surface area contributed by atoms with E-state index in [1.807, 2.05) is 22.7 Å². The summed E-state index contributed by atoms with van der Waals surface area (Å²) in [6.07, 6.45) is 0. The lowest BCUT2D eigenvalue weighted by molar-refractivity contribution is 0.636. The molecule has 0 unspecified atom stereocenters. The Kier molecular flexibility index (Phi) is 7.99. The number of thiophene rings is 2. The summed E-state index contributed by atoms with van der Waals surface area (Å²) in [4.78, 5) is 2.48. The minimum atomic E-state index is 0.895. The van der Waals surface area contributed by atoms with Gasteiger partial charge < -0.3 is 9.32 Å². The Labute approximate surface area is 365 Å². The molecule has 0 aliphatic carbocycles. The first-order chi connectivity index (χ1) is 30.8. The van der Waals surface area contributed by atoms with Gasteiger partial charge in [0.2, 0.25) is 0 Å². The second-order valence-electron chi connectivity index (χ2n) is 15.9. The van der Waals surface area contributed by atoms with Crippen molar-refractivity contribution in [3.8, 4) is 33.6 Å². The normalized spacial score (nSPS) is 11.9. The molecule has 3 aromatic heterocycles. The van der Waals surface area contributed by atoms with Gasteiger partial charge in [0.1, 0.15) is 11.3 Å². The van der Waals surface area contributed by atoms with Crippen molar-refractivity contribution in [2.45, 2.75) is 0 Å². The summed E-state index contributed by atoms with van der Waals surface area (Å²) < 4.78 is 12.1. The number of nitrogens with zero attached hydrogens (tertiary/aromatic N) is 1. The third kappa shape index (κ3) is 5.41. The van der Waals surface area contributed by atoms with Gasteiger partial charge in [-0.3, -0.25) is 0 Å². The number of hydrogen-bond acceptors (Lipinski definition) is 4. The van der Waals surface area contributed by atoms with Gasteiger partial charge in [-0.2, -0.15) is 0 Å². The van der Waals surface area contributed by atoms with Gasteiger partial charge in [0.25, 0.3) is 0 Å². The van der Waals surface area contributed by atoms with Gasteiger partial charge >= 0.3 is 0 Å². The quantitative estimate of drug-likeness (QED) is 0.155. The van der Waals surface area contributed by atoms with Gasteiger partial charge in [0.05, 0.1) is 20.8 Å². The van der Waals surface area contributed by atoms with Crippen LogP contribution in [0.4, 0.5) is 17.1 Å². The van der Waals surface area contributed by atoms with E-state index in [2.05, 4.69) is 217 Å². The predicted octanol–water partition coefficient (Wildman–Crippen LogP) is 17.9. The molecule has 10 aromatic carbocycles. The smallest absolute Gasteiger partial charge is 0.143 e. The highest BCUT2D eigenvalue weighted by molar-refractivity contribution is 7.27. The minimum Gasteiger partial charge on any atom is -0.455 e. The van der Waals surface area contributed by atoms with Crippen LogP contribution in [0.25, 0.3) is 106 Å². The SMILES string of the molecule is c1ccc(-c2oc3c4ccccc4c4cc(-c5ccc(N(c6cccc7c6sc6ccccc67)c6cccc7c6sc6ccccc67)cc5)ccc4c3c2-c2ccccc2)cc1. The lowest BCUT2D eigenvalue weighted by atomic mass is 9.91. The van der Waals surface area contributed by atoms with E-state index in [-0.39, 0.29) is 0 Å². The Morgan fingerprint density at radius 1 is 0.339 bits per heavy atom. The fraction of sp³-hybridized carbons (Fsp3) is 0. The van der Waals surface area contributed by atoms with Gasteiger partial charge in [0, 0.05) is 58.5 Å². The fourth-order valence-electron chi connectivity index (χ4n) is 9.66. The van der Waals surface area contributed by atoms with Crippen LogP contribution in [0.15, 0.2) is 217 Å². The van der Waals surface area contributed by atoms with Crippen LogP contribution in [0, 0.1) is 0 Å². The highest BCUT2D eigenvalue weighted by atomic mass is 32.1. The first kappa shape index (κ1) is 35.3. The zero-order chi connectivity index (χ0) is 40.7. The maximum Gasteiger partial charge on any atom is 0.143 e. The molecule has 3 heterocycles. The highest BCUT2D eigenvalue weighted by Crippen LogP contribution is 2.50. The Balaban J connectivity index is 1.00. The first-order valence-electron chi connectivity index (χ1n) is 21.0. The molecule has 0 radical (unpaired) electrons. The van der Waals surface area contributed by atoms with Crippen molar-refractivity contribution < 1.29 is 4.42 Å². The molecule has 0 atom stereocenters. The monoisotopic (exact) mass is 825 g/mol. The molecule has 0 saturated heterocycles. The summed E-state index contributed by atoms with van der Waals surface area (Å²) in [6, 6.07) is 77.1. The molecule has 0 spiro atoms. The maximum atomic E-state index is 6.97. The zero-order valence-electron chi connectivity index (χ0n) is 33.4. The molecule has 290 valence electrons. The largest absolute Gasteiger partial charge is 0.455 e. The summed E-state index contributed by atoms with van der Waals surface area (Å²) in [5.41, 5.74) is 10.1. The number of furan rings is 1. The first-order valence-corrected chi connectivity index (χ1v) is 22.6. The molecule has 0 fully saturated rings. The summed E-state index contributed by atoms with van der Waals surface area (Å²) >= 11 is 3.75. The van der Waals surface area contributed by atoms with E-state index in [0.29, 0.717) is 0 Å². The van der Waals surface area contributed by atoms with E-state index < -0.39 is 0 Å². The molecule has 0 amide bonds. The average Bonchev–Trinajstić information content (AvgIpc) is 4.05. The second kappa shape index (κ2) is 14.0. The molecule has 13 aromatic rings. The van der Waals surface area contributed by atoms with Crippen molar-refractivity contribution in [1.82, 2.24) is 0 Å². The summed E-state index contributed by atoms with van der Waals surface area (Å²) in [5, 5.41) is 11.0. The van der Waals surface area contributed by atoms with Crippen LogP contribution in [0.1, 0.15) is 0 Å². The molecule has 62 heavy (non-hydrogen) atoms. The van der Waals surface area contributed by atoms with Crippen LogP contribution in [0.2, 0.25) is 0 Å². The molecule has 0 aliphatic heterocycles. The number of fused-ring (bicyclic) bond motifs is 12. The van der Waals surface area contributed by atoms with E-state index in [1.54, 1.807) is 0 Å². The van der Waals surface area contributed by atoms with Gasteiger partial charge in [-0.25, -0.2) is 0 Å². The Morgan fingerprint density at radius 2 is 0.855 bits per heavy atom. The van der Waals surface area contributed by atoms with Gasteiger partial charge in [-0.15, -0.1) is 22.7 Å². The molecule has 13 rings (SSSR count). The van der Waals surface area contributed by atoms with Crippen molar-refractivity contribution in [3.05, 3.63) is 212 Å². The number of anilines is 3. The standard InChI is InChI=1S/C58H35NOS2/c1-3-15-37(16-4-1)53-54-44-34-31-39(35-48(44)41-19-7-8-22-45(41)56(54)60-55(53)38-17-5-2-6-18-38)36-29-32-40(33-30-36)59(49-25-13-23-46-42-20-9-11-27-51(42)61-57(46)49)50-26-14-24-47-43-21-10-12-28-52(43)62-58(47)50/h1-35H. The van der Waals surface area contributed by atoms with Gasteiger partial charge in [-0.1, -0.05) is 170 Å². The summed E-state index contributed by atoms with van der Waals surface area (Å²) in [5.74, 6) is 0.895. The lowest BCUT2D eigenvalue weighted by Gasteiger charge is -2.27. The fourth-order valence-corrected chi connectivity index (χ4v) is 12.1. The van der Waals surface area contributed by atoms with Crippen molar-refractivity contribution in [2.75, 3.05) is 4.90 Å². The van der Waals surface area contributed by atoms with Crippen LogP contribution < -0.4 is 4.90 Å². The highest BCUT2D eigenvalue weighted by Gasteiger charge is 2.24. The van der Waals surface area contributed by atoms with Gasteiger partial charge in [-0.05, 0) is 75.3 Å². The van der Waals surface area contributed by atoms with Crippen molar-refractivity contribution in [3.63, 3.8) is 0 Å². The van der Waals surface area contributed by atoms with Crippen LogP contribution in [-0.2, 0) is 0 Å². The molecule has 0 aliphatic rings. The lowest BCUT2D eigenvalue weighted by Crippen LogP contribution is -2.10.